The summed E-state index contributed by atoms with van der Waals surface area (Å²) in [4.78, 5) is 27.9. The van der Waals surface area contributed by atoms with E-state index in [-0.39, 0.29) is 5.75 Å². The molecule has 0 bridgehead atoms. The van der Waals surface area contributed by atoms with E-state index in [0.29, 0.717) is 17.1 Å². The van der Waals surface area contributed by atoms with Crippen LogP contribution in [0.15, 0.2) is 165 Å². The molecule has 0 saturated carbocycles. The van der Waals surface area contributed by atoms with E-state index in [2.05, 4.69) is 69.5 Å². The molecule has 50 heavy (non-hydrogen) atoms. The summed E-state index contributed by atoms with van der Waals surface area (Å²) in [6.45, 7) is 0. The first-order valence-corrected chi connectivity index (χ1v) is 16.3. The Kier molecular flexibility index (Phi) is 7.02. The molecule has 4 aromatic carbocycles. The van der Waals surface area contributed by atoms with E-state index in [1.165, 1.54) is 12.7 Å². The van der Waals surface area contributed by atoms with Crippen molar-refractivity contribution in [2.24, 2.45) is 0 Å². The van der Waals surface area contributed by atoms with Gasteiger partial charge < -0.3 is 5.11 Å². The fourth-order valence-corrected chi connectivity index (χ4v) is 7.21. The minimum Gasteiger partial charge on any atom is -0.507 e. The standard InChI is InChI=1S/C43H28N6O/c50-40-15-2-1-11-34(40)39-14-8-16-41(49-39)43(31-10-7-9-30(23-31)42-47-26-44-27-48-42)35-24-28(37-12-3-5-21-45-37)17-19-32(35)33-20-18-29(25-36(33)43)38-13-4-6-22-46-38/h1-27,50H. The molecule has 1 aliphatic carbocycles. The number of phenolic OH excluding ortho intramolecular Hbond substituents is 1. The molecule has 4 heterocycles. The molecule has 0 radical (unpaired) electrons. The zero-order chi connectivity index (χ0) is 33.5. The van der Waals surface area contributed by atoms with Crippen LogP contribution >= 0.6 is 0 Å². The van der Waals surface area contributed by atoms with Crippen LogP contribution in [0, 0.1) is 0 Å². The molecule has 1 N–H and O–H groups in total. The lowest BCUT2D eigenvalue weighted by atomic mass is 9.69. The van der Waals surface area contributed by atoms with Crippen LogP contribution in [0.5, 0.6) is 5.75 Å². The second kappa shape index (κ2) is 12.0. The largest absolute Gasteiger partial charge is 0.507 e. The maximum Gasteiger partial charge on any atom is 0.162 e. The Morgan fingerprint density at radius 2 is 1.08 bits per heavy atom. The summed E-state index contributed by atoms with van der Waals surface area (Å²) in [5, 5.41) is 10.9. The van der Waals surface area contributed by atoms with Gasteiger partial charge in [-0.25, -0.2) is 15.0 Å². The van der Waals surface area contributed by atoms with Gasteiger partial charge in [-0.15, -0.1) is 0 Å². The van der Waals surface area contributed by atoms with Gasteiger partial charge in [0.05, 0.1) is 28.2 Å². The minimum atomic E-state index is -0.899. The van der Waals surface area contributed by atoms with Crippen molar-refractivity contribution in [3.63, 3.8) is 0 Å². The molecular formula is C43H28N6O. The Bertz CT molecular complexity index is 2420. The van der Waals surface area contributed by atoms with Crippen LogP contribution < -0.4 is 0 Å². The second-order valence-electron chi connectivity index (χ2n) is 12.2. The number of aromatic nitrogens is 6. The van der Waals surface area contributed by atoms with Crippen molar-refractivity contribution < 1.29 is 5.11 Å². The first-order chi connectivity index (χ1) is 24.7. The van der Waals surface area contributed by atoms with Crippen molar-refractivity contribution in [3.05, 3.63) is 187 Å². The van der Waals surface area contributed by atoms with Gasteiger partial charge >= 0.3 is 0 Å². The van der Waals surface area contributed by atoms with Crippen molar-refractivity contribution in [2.75, 3.05) is 0 Å². The number of rotatable bonds is 6. The van der Waals surface area contributed by atoms with Crippen molar-refractivity contribution in [1.82, 2.24) is 29.9 Å². The Morgan fingerprint density at radius 1 is 0.460 bits per heavy atom. The number of para-hydroxylation sites is 1. The average Bonchev–Trinajstić information content (AvgIpc) is 3.49. The molecule has 8 aromatic rings. The molecule has 0 amide bonds. The van der Waals surface area contributed by atoms with Gasteiger partial charge in [0.2, 0.25) is 0 Å². The number of hydrogen-bond donors (Lipinski definition) is 1. The van der Waals surface area contributed by atoms with E-state index in [1.807, 2.05) is 91.3 Å². The van der Waals surface area contributed by atoms with Gasteiger partial charge in [-0.05, 0) is 94.5 Å². The number of hydrogen-bond acceptors (Lipinski definition) is 7. The summed E-state index contributed by atoms with van der Waals surface area (Å²) >= 11 is 0. The third kappa shape index (κ3) is 4.75. The monoisotopic (exact) mass is 644 g/mol. The van der Waals surface area contributed by atoms with Crippen LogP contribution in [0.3, 0.4) is 0 Å². The molecule has 0 saturated heterocycles. The molecular weight excluding hydrogens is 617 g/mol. The lowest BCUT2D eigenvalue weighted by Crippen LogP contribution is -2.30. The van der Waals surface area contributed by atoms with Crippen LogP contribution in [0.2, 0.25) is 0 Å². The summed E-state index contributed by atoms with van der Waals surface area (Å²) in [7, 11) is 0. The van der Waals surface area contributed by atoms with Crippen molar-refractivity contribution in [2.45, 2.75) is 5.41 Å². The smallest absolute Gasteiger partial charge is 0.162 e. The fraction of sp³-hybridized carbons (Fsp3) is 0.0233. The maximum absolute atomic E-state index is 10.9. The van der Waals surface area contributed by atoms with E-state index in [1.54, 1.807) is 6.07 Å². The van der Waals surface area contributed by atoms with Crippen LogP contribution in [-0.4, -0.2) is 35.0 Å². The third-order valence-electron chi connectivity index (χ3n) is 9.42. The number of fused-ring (bicyclic) bond motifs is 3. The van der Waals surface area contributed by atoms with Crippen molar-refractivity contribution in [1.29, 1.82) is 0 Å². The summed E-state index contributed by atoms with van der Waals surface area (Å²) in [5.74, 6) is 0.751. The average molecular weight is 645 g/mol. The number of phenols is 1. The highest BCUT2D eigenvalue weighted by Gasteiger charge is 2.48. The quantitative estimate of drug-likeness (QED) is 0.193. The Hall–Kier alpha value is -6.86. The molecule has 0 fully saturated rings. The van der Waals surface area contributed by atoms with E-state index >= 15 is 0 Å². The molecule has 7 heteroatoms. The van der Waals surface area contributed by atoms with Gasteiger partial charge in [0, 0.05) is 34.6 Å². The van der Waals surface area contributed by atoms with Gasteiger partial charge in [-0.2, -0.15) is 0 Å². The summed E-state index contributed by atoms with van der Waals surface area (Å²) in [5.41, 5.74) is 11.2. The van der Waals surface area contributed by atoms with E-state index in [4.69, 9.17) is 15.0 Å². The van der Waals surface area contributed by atoms with Gasteiger partial charge in [0.25, 0.3) is 0 Å². The van der Waals surface area contributed by atoms with Crippen LogP contribution in [0.4, 0.5) is 0 Å². The topological polar surface area (TPSA) is 97.6 Å². The molecule has 0 spiro atoms. The second-order valence-corrected chi connectivity index (χ2v) is 12.2. The molecule has 0 unspecified atom stereocenters. The number of benzene rings is 4. The lowest BCUT2D eigenvalue weighted by molar-refractivity contribution is 0.477. The lowest BCUT2D eigenvalue weighted by Gasteiger charge is -2.33. The first-order valence-electron chi connectivity index (χ1n) is 16.3. The molecule has 9 rings (SSSR count). The van der Waals surface area contributed by atoms with Gasteiger partial charge in [-0.1, -0.05) is 72.8 Å². The van der Waals surface area contributed by atoms with Gasteiger partial charge in [0.1, 0.15) is 18.4 Å². The number of pyridine rings is 3. The van der Waals surface area contributed by atoms with Gasteiger partial charge in [0.15, 0.2) is 5.82 Å². The highest BCUT2D eigenvalue weighted by molar-refractivity contribution is 5.90. The Balaban J connectivity index is 1.40. The van der Waals surface area contributed by atoms with Crippen molar-refractivity contribution >= 4 is 0 Å². The predicted octanol–water partition coefficient (Wildman–Crippen LogP) is 8.79. The van der Waals surface area contributed by atoms with E-state index in [9.17, 15) is 5.11 Å². The predicted molar refractivity (Wildman–Crippen MR) is 194 cm³/mol. The molecule has 7 nitrogen and oxygen atoms in total. The Labute approximate surface area is 288 Å². The molecule has 236 valence electrons. The number of aromatic hydroxyl groups is 1. The zero-order valence-corrected chi connectivity index (χ0v) is 26.7. The molecule has 1 aliphatic rings. The summed E-state index contributed by atoms with van der Waals surface area (Å²) in [6, 6.07) is 46.8. The van der Waals surface area contributed by atoms with Crippen LogP contribution in [-0.2, 0) is 5.41 Å². The SMILES string of the molecule is Oc1ccccc1-c1cccc(C2(c3cccc(-c4ncncn4)c3)c3cc(-c4ccccn4)ccc3-c3ccc(-c4ccccn4)cc32)n1. The summed E-state index contributed by atoms with van der Waals surface area (Å²) < 4.78 is 0. The molecule has 0 atom stereocenters. The normalized spacial score (nSPS) is 12.6. The van der Waals surface area contributed by atoms with Gasteiger partial charge in [-0.3, -0.25) is 15.0 Å². The third-order valence-corrected chi connectivity index (χ3v) is 9.42. The molecule has 4 aromatic heterocycles. The highest BCUT2D eigenvalue weighted by Crippen LogP contribution is 2.57. The van der Waals surface area contributed by atoms with E-state index in [0.717, 1.165) is 61.6 Å². The minimum absolute atomic E-state index is 0.171. The molecule has 0 aliphatic heterocycles. The fourth-order valence-electron chi connectivity index (χ4n) is 7.21. The zero-order valence-electron chi connectivity index (χ0n) is 26.7. The highest BCUT2D eigenvalue weighted by atomic mass is 16.3. The van der Waals surface area contributed by atoms with Crippen molar-refractivity contribution in [3.8, 4) is 62.0 Å². The Morgan fingerprint density at radius 3 is 1.72 bits per heavy atom. The van der Waals surface area contributed by atoms with E-state index < -0.39 is 5.41 Å². The summed E-state index contributed by atoms with van der Waals surface area (Å²) in [6.07, 6.45) is 6.67. The van der Waals surface area contributed by atoms with Crippen LogP contribution in [0.25, 0.3) is 56.3 Å². The maximum atomic E-state index is 10.9. The number of nitrogens with zero attached hydrogens (tertiary/aromatic N) is 6. The van der Waals surface area contributed by atoms with Crippen LogP contribution in [0.1, 0.15) is 22.4 Å². The first kappa shape index (κ1) is 29.3.